The van der Waals surface area contributed by atoms with Crippen molar-refractivity contribution in [3.8, 4) is 11.3 Å². The van der Waals surface area contributed by atoms with Crippen LogP contribution in [0.3, 0.4) is 0 Å². The minimum atomic E-state index is -0.149. The van der Waals surface area contributed by atoms with Crippen LogP contribution < -0.4 is 5.32 Å². The molecular formula is C22H16N4OS. The highest BCUT2D eigenvalue weighted by Crippen LogP contribution is 2.32. The molecule has 5 rings (SSSR count). The number of fused-ring (bicyclic) bond motifs is 2. The number of H-pyrrole nitrogens is 1. The van der Waals surface area contributed by atoms with Crippen LogP contribution in [0.25, 0.3) is 32.4 Å². The van der Waals surface area contributed by atoms with Crippen molar-refractivity contribution in [2.75, 3.05) is 0 Å². The molecule has 3 heterocycles. The number of thiophene rings is 1. The minimum absolute atomic E-state index is 0.149. The fourth-order valence-electron chi connectivity index (χ4n) is 3.25. The van der Waals surface area contributed by atoms with Crippen LogP contribution in [-0.4, -0.2) is 20.9 Å². The number of carbonyl (C=O) groups is 1. The van der Waals surface area contributed by atoms with E-state index < -0.39 is 0 Å². The normalized spacial score (nSPS) is 11.1. The second-order valence-electron chi connectivity index (χ2n) is 6.46. The number of pyridine rings is 1. The van der Waals surface area contributed by atoms with E-state index in [9.17, 15) is 4.79 Å². The fourth-order valence-corrected chi connectivity index (χ4v) is 4.21. The number of nitrogens with zero attached hydrogens (tertiary/aromatic N) is 2. The van der Waals surface area contributed by atoms with Crippen molar-refractivity contribution in [3.63, 3.8) is 0 Å². The summed E-state index contributed by atoms with van der Waals surface area (Å²) in [6, 6.07) is 19.6. The van der Waals surface area contributed by atoms with Crippen LogP contribution in [-0.2, 0) is 6.54 Å². The van der Waals surface area contributed by atoms with E-state index in [2.05, 4.69) is 37.8 Å². The second-order valence-corrected chi connectivity index (χ2v) is 7.37. The molecule has 0 radical (unpaired) electrons. The van der Waals surface area contributed by atoms with Gasteiger partial charge in [-0.2, -0.15) is 0 Å². The first kappa shape index (κ1) is 16.6. The van der Waals surface area contributed by atoms with Crippen molar-refractivity contribution in [2.24, 2.45) is 0 Å². The number of benzene rings is 2. The summed E-state index contributed by atoms with van der Waals surface area (Å²) in [5, 5.41) is 6.17. The average Bonchev–Trinajstić information content (AvgIpc) is 3.36. The number of aromatic amines is 1. The van der Waals surface area contributed by atoms with Gasteiger partial charge in [-0.05, 0) is 30.3 Å². The van der Waals surface area contributed by atoms with Gasteiger partial charge >= 0.3 is 0 Å². The number of hydrogen-bond donors (Lipinski definition) is 2. The van der Waals surface area contributed by atoms with E-state index in [1.54, 1.807) is 23.6 Å². The third kappa shape index (κ3) is 3.04. The quantitative estimate of drug-likeness (QED) is 0.469. The molecule has 5 aromatic rings. The molecule has 28 heavy (non-hydrogen) atoms. The van der Waals surface area contributed by atoms with Crippen molar-refractivity contribution in [3.05, 3.63) is 83.6 Å². The molecule has 0 aliphatic heterocycles. The maximum absolute atomic E-state index is 12.6. The molecule has 0 saturated heterocycles. The first-order valence-electron chi connectivity index (χ1n) is 8.92. The summed E-state index contributed by atoms with van der Waals surface area (Å²) in [6.07, 6.45) is 1.68. The molecule has 0 unspecified atom stereocenters. The van der Waals surface area contributed by atoms with Gasteiger partial charge in [0.05, 0.1) is 23.3 Å². The third-order valence-electron chi connectivity index (χ3n) is 4.63. The molecule has 2 N–H and O–H groups in total. The Kier molecular flexibility index (Phi) is 4.10. The summed E-state index contributed by atoms with van der Waals surface area (Å²) < 4.78 is 1.21. The molecule has 0 fully saturated rings. The first-order valence-corrected chi connectivity index (χ1v) is 9.80. The van der Waals surface area contributed by atoms with Gasteiger partial charge in [0.1, 0.15) is 5.82 Å². The maximum atomic E-state index is 12.6. The number of amides is 1. The minimum Gasteiger partial charge on any atom is -0.345 e. The van der Waals surface area contributed by atoms with Gasteiger partial charge in [0.25, 0.3) is 5.91 Å². The fraction of sp³-hybridized carbons (Fsp3) is 0.0455. The Hall–Kier alpha value is -3.51. The molecule has 5 nitrogen and oxygen atoms in total. The van der Waals surface area contributed by atoms with Gasteiger partial charge in [0.2, 0.25) is 0 Å². The van der Waals surface area contributed by atoms with Gasteiger partial charge in [-0.25, -0.2) is 4.98 Å². The van der Waals surface area contributed by atoms with Gasteiger partial charge in [0, 0.05) is 32.8 Å². The predicted molar refractivity (Wildman–Crippen MR) is 112 cm³/mol. The molecule has 0 saturated carbocycles. The lowest BCUT2D eigenvalue weighted by atomic mass is 10.1. The zero-order chi connectivity index (χ0) is 18.9. The Labute approximate surface area is 165 Å². The Bertz CT molecular complexity index is 1270. The van der Waals surface area contributed by atoms with Gasteiger partial charge < -0.3 is 10.3 Å². The monoisotopic (exact) mass is 384 g/mol. The Morgan fingerprint density at radius 3 is 2.86 bits per heavy atom. The van der Waals surface area contributed by atoms with E-state index in [1.807, 2.05) is 42.5 Å². The van der Waals surface area contributed by atoms with E-state index in [1.165, 1.54) is 4.70 Å². The van der Waals surface area contributed by atoms with Crippen LogP contribution in [0.5, 0.6) is 0 Å². The van der Waals surface area contributed by atoms with Crippen LogP contribution in [0.2, 0.25) is 0 Å². The molecule has 2 aromatic carbocycles. The number of rotatable bonds is 4. The molecule has 1 amide bonds. The Morgan fingerprint density at radius 2 is 1.93 bits per heavy atom. The molecule has 0 spiro atoms. The summed E-state index contributed by atoms with van der Waals surface area (Å²) in [6.45, 7) is 0.340. The zero-order valence-electron chi connectivity index (χ0n) is 14.8. The highest BCUT2D eigenvalue weighted by atomic mass is 32.1. The number of aromatic nitrogens is 3. The molecular weight excluding hydrogens is 368 g/mol. The number of imidazole rings is 1. The predicted octanol–water partition coefficient (Wildman–Crippen LogP) is 4.77. The average molecular weight is 384 g/mol. The standard InChI is InChI=1S/C22H16N4OS/c27-22(24-12-21-25-17-6-2-3-7-18(17)26-21)14-9-10-23-19(11-14)16-13-28-20-8-4-1-5-15(16)20/h1-11,13H,12H2,(H,24,27)(H,25,26). The lowest BCUT2D eigenvalue weighted by Gasteiger charge is -2.05. The smallest absolute Gasteiger partial charge is 0.251 e. The highest BCUT2D eigenvalue weighted by Gasteiger charge is 2.12. The molecule has 0 aliphatic rings. The summed E-state index contributed by atoms with van der Waals surface area (Å²) in [4.78, 5) is 24.8. The summed E-state index contributed by atoms with van der Waals surface area (Å²) in [5.41, 5.74) is 4.28. The van der Waals surface area contributed by atoms with Crippen LogP contribution in [0.15, 0.2) is 72.2 Å². The molecule has 3 aromatic heterocycles. The zero-order valence-corrected chi connectivity index (χ0v) is 15.7. The van der Waals surface area contributed by atoms with Crippen LogP contribution in [0, 0.1) is 0 Å². The highest BCUT2D eigenvalue weighted by molar-refractivity contribution is 7.17. The van der Waals surface area contributed by atoms with Crippen molar-refractivity contribution < 1.29 is 4.79 Å². The summed E-state index contributed by atoms with van der Waals surface area (Å²) in [5.74, 6) is 0.580. The first-order chi connectivity index (χ1) is 13.8. The number of carbonyl (C=O) groups excluding carboxylic acids is 1. The number of para-hydroxylation sites is 2. The second kappa shape index (κ2) is 6.90. The summed E-state index contributed by atoms with van der Waals surface area (Å²) >= 11 is 1.68. The Balaban J connectivity index is 1.37. The van der Waals surface area contributed by atoms with E-state index in [4.69, 9.17) is 0 Å². The molecule has 0 aliphatic carbocycles. The van der Waals surface area contributed by atoms with Crippen LogP contribution in [0.4, 0.5) is 0 Å². The van der Waals surface area contributed by atoms with Crippen molar-refractivity contribution in [1.82, 2.24) is 20.3 Å². The molecule has 6 heteroatoms. The topological polar surface area (TPSA) is 70.7 Å². The SMILES string of the molecule is O=C(NCc1nc2ccccc2[nH]1)c1ccnc(-c2csc3ccccc23)c1. The molecule has 0 bridgehead atoms. The number of nitrogens with one attached hydrogen (secondary N) is 2. The van der Waals surface area contributed by atoms with Crippen molar-refractivity contribution in [1.29, 1.82) is 0 Å². The van der Waals surface area contributed by atoms with Crippen LogP contribution in [0.1, 0.15) is 16.2 Å². The lowest BCUT2D eigenvalue weighted by molar-refractivity contribution is 0.0950. The lowest BCUT2D eigenvalue weighted by Crippen LogP contribution is -2.23. The van der Waals surface area contributed by atoms with E-state index >= 15 is 0 Å². The third-order valence-corrected chi connectivity index (χ3v) is 5.60. The van der Waals surface area contributed by atoms with Crippen LogP contribution >= 0.6 is 11.3 Å². The van der Waals surface area contributed by atoms with Gasteiger partial charge in [-0.3, -0.25) is 9.78 Å². The number of hydrogen-bond acceptors (Lipinski definition) is 4. The van der Waals surface area contributed by atoms with Gasteiger partial charge in [-0.1, -0.05) is 30.3 Å². The maximum Gasteiger partial charge on any atom is 0.251 e. The molecule has 136 valence electrons. The van der Waals surface area contributed by atoms with E-state index in [-0.39, 0.29) is 5.91 Å². The molecule has 0 atom stereocenters. The van der Waals surface area contributed by atoms with Gasteiger partial charge in [-0.15, -0.1) is 11.3 Å². The summed E-state index contributed by atoms with van der Waals surface area (Å²) in [7, 11) is 0. The van der Waals surface area contributed by atoms with Crippen molar-refractivity contribution >= 4 is 38.4 Å². The van der Waals surface area contributed by atoms with E-state index in [0.29, 0.717) is 12.1 Å². The largest absolute Gasteiger partial charge is 0.345 e. The Morgan fingerprint density at radius 1 is 1.07 bits per heavy atom. The van der Waals surface area contributed by atoms with Gasteiger partial charge in [0.15, 0.2) is 0 Å². The van der Waals surface area contributed by atoms with Crippen molar-refractivity contribution in [2.45, 2.75) is 6.54 Å². The van der Waals surface area contributed by atoms with E-state index in [0.717, 1.165) is 33.5 Å².